The molecule has 0 amide bonds. The minimum atomic E-state index is 0. The van der Waals surface area contributed by atoms with E-state index in [0.29, 0.717) is 13.2 Å². The number of hydrogen-bond acceptors (Lipinski definition) is 3. The number of aliphatic imine (C=N–C) groups is 1. The molecule has 0 aliphatic heterocycles. The van der Waals surface area contributed by atoms with Gasteiger partial charge in [-0.3, -0.25) is 4.99 Å². The monoisotopic (exact) mass is 448 g/mol. The number of guanidine groups is 1. The van der Waals surface area contributed by atoms with Gasteiger partial charge in [0, 0.05) is 32.2 Å². The molecule has 0 unspecified atom stereocenters. The van der Waals surface area contributed by atoms with Crippen LogP contribution >= 0.6 is 24.0 Å². The Hall–Kier alpha value is -1.02. The molecule has 0 aliphatic carbocycles. The molecule has 138 valence electrons. The lowest BCUT2D eigenvalue weighted by molar-refractivity contribution is 0.332. The lowest BCUT2D eigenvalue weighted by Gasteiger charge is -2.18. The number of nitrogens with zero attached hydrogens (tertiary/aromatic N) is 2. The minimum Gasteiger partial charge on any atom is -0.494 e. The van der Waals surface area contributed by atoms with Crippen LogP contribution < -0.4 is 15.4 Å². The highest BCUT2D eigenvalue weighted by Gasteiger charge is 2.04. The number of nitrogens with one attached hydrogen (secondary N) is 2. The molecular weight excluding hydrogens is 415 g/mol. The first kappa shape index (κ1) is 23.0. The zero-order valence-corrected chi connectivity index (χ0v) is 17.8. The van der Waals surface area contributed by atoms with Crippen molar-refractivity contribution in [2.24, 2.45) is 4.99 Å². The molecule has 5 nitrogen and oxygen atoms in total. The summed E-state index contributed by atoms with van der Waals surface area (Å²) in [5.74, 6) is 1.75. The third-order valence-corrected chi connectivity index (χ3v) is 3.62. The smallest absolute Gasteiger partial charge is 0.191 e. The predicted octanol–water partition coefficient (Wildman–Crippen LogP) is 3.10. The molecular formula is C18H33IN4O. The van der Waals surface area contributed by atoms with E-state index in [2.05, 4.69) is 40.6 Å². The summed E-state index contributed by atoms with van der Waals surface area (Å²) in [4.78, 5) is 6.61. The summed E-state index contributed by atoms with van der Waals surface area (Å²) in [5, 5.41) is 6.70. The number of ether oxygens (including phenoxy) is 1. The molecule has 6 heteroatoms. The molecule has 0 radical (unpaired) electrons. The van der Waals surface area contributed by atoms with Gasteiger partial charge in [-0.25, -0.2) is 0 Å². The lowest BCUT2D eigenvalue weighted by Crippen LogP contribution is -2.40. The van der Waals surface area contributed by atoms with E-state index < -0.39 is 0 Å². The molecule has 0 fully saturated rings. The third kappa shape index (κ3) is 9.32. The number of likely N-dealkylation sites (N-methyl/N-ethyl adjacent to an activating group) is 1. The van der Waals surface area contributed by atoms with Crippen molar-refractivity contribution in [2.75, 3.05) is 40.3 Å². The second-order valence-electron chi connectivity index (χ2n) is 5.55. The van der Waals surface area contributed by atoms with Crippen molar-refractivity contribution in [3.05, 3.63) is 29.8 Å². The summed E-state index contributed by atoms with van der Waals surface area (Å²) < 4.78 is 5.65. The summed E-state index contributed by atoms with van der Waals surface area (Å²) in [6.07, 6.45) is 2.48. The second kappa shape index (κ2) is 14.3. The van der Waals surface area contributed by atoms with E-state index in [9.17, 15) is 0 Å². The van der Waals surface area contributed by atoms with E-state index in [-0.39, 0.29) is 24.0 Å². The summed E-state index contributed by atoms with van der Waals surface area (Å²) in [6.45, 7) is 8.63. The quantitative estimate of drug-likeness (QED) is 0.328. The van der Waals surface area contributed by atoms with Crippen molar-refractivity contribution in [1.82, 2.24) is 15.5 Å². The second-order valence-corrected chi connectivity index (χ2v) is 5.55. The van der Waals surface area contributed by atoms with Gasteiger partial charge in [0.2, 0.25) is 0 Å². The molecule has 1 rings (SSSR count). The number of rotatable bonds is 10. The molecule has 0 aromatic heterocycles. The molecule has 1 aromatic rings. The number of benzene rings is 1. The average molecular weight is 448 g/mol. The lowest BCUT2D eigenvalue weighted by atomic mass is 10.2. The first-order valence-corrected chi connectivity index (χ1v) is 8.55. The van der Waals surface area contributed by atoms with Crippen LogP contribution in [0.5, 0.6) is 5.75 Å². The summed E-state index contributed by atoms with van der Waals surface area (Å²) in [6, 6.07) is 8.09. The molecule has 24 heavy (non-hydrogen) atoms. The van der Waals surface area contributed by atoms with Crippen molar-refractivity contribution < 1.29 is 4.74 Å². The van der Waals surface area contributed by atoms with Crippen LogP contribution in [0.1, 0.15) is 32.3 Å². The average Bonchev–Trinajstić information content (AvgIpc) is 2.57. The molecule has 2 N–H and O–H groups in total. The van der Waals surface area contributed by atoms with Gasteiger partial charge in [0.1, 0.15) is 5.75 Å². The highest BCUT2D eigenvalue weighted by molar-refractivity contribution is 14.0. The number of unbranched alkanes of at least 4 members (excludes halogenated alkanes) is 1. The Morgan fingerprint density at radius 2 is 1.92 bits per heavy atom. The van der Waals surface area contributed by atoms with E-state index in [1.807, 2.05) is 25.1 Å². The van der Waals surface area contributed by atoms with E-state index in [0.717, 1.165) is 36.9 Å². The van der Waals surface area contributed by atoms with Crippen LogP contribution in [0.2, 0.25) is 0 Å². The van der Waals surface area contributed by atoms with Crippen LogP contribution in [0.3, 0.4) is 0 Å². The Bertz CT molecular complexity index is 468. The van der Waals surface area contributed by atoms with Gasteiger partial charge in [0.15, 0.2) is 5.96 Å². The Morgan fingerprint density at radius 3 is 2.58 bits per heavy atom. The molecule has 0 saturated carbocycles. The Kier molecular flexibility index (Phi) is 13.7. The molecule has 1 aromatic carbocycles. The van der Waals surface area contributed by atoms with Gasteiger partial charge < -0.3 is 20.3 Å². The molecule has 0 spiro atoms. The zero-order chi connectivity index (χ0) is 16.9. The first-order chi connectivity index (χ1) is 11.2. The van der Waals surface area contributed by atoms with Crippen molar-refractivity contribution in [1.29, 1.82) is 0 Å². The summed E-state index contributed by atoms with van der Waals surface area (Å²) >= 11 is 0. The third-order valence-electron chi connectivity index (χ3n) is 3.62. The van der Waals surface area contributed by atoms with Crippen LogP contribution in [0, 0.1) is 0 Å². The van der Waals surface area contributed by atoms with Gasteiger partial charge >= 0.3 is 0 Å². The standard InChI is InChI=1S/C18H32N4O.HI/c1-5-7-13-22(4)14-12-20-18(19-3)21-15-16-10-8-9-11-17(16)23-6-2;/h8-11H,5-7,12-15H2,1-4H3,(H2,19,20,21);1H. The van der Waals surface area contributed by atoms with Gasteiger partial charge in [0.25, 0.3) is 0 Å². The van der Waals surface area contributed by atoms with Crippen LogP contribution in [-0.4, -0.2) is 51.2 Å². The van der Waals surface area contributed by atoms with E-state index in [4.69, 9.17) is 4.74 Å². The summed E-state index contributed by atoms with van der Waals surface area (Å²) in [5.41, 5.74) is 1.14. The van der Waals surface area contributed by atoms with Crippen molar-refractivity contribution in [2.45, 2.75) is 33.2 Å². The fourth-order valence-electron chi connectivity index (χ4n) is 2.25. The van der Waals surface area contributed by atoms with E-state index >= 15 is 0 Å². The van der Waals surface area contributed by atoms with Gasteiger partial charge in [-0.05, 0) is 33.0 Å². The molecule has 0 saturated heterocycles. The zero-order valence-electron chi connectivity index (χ0n) is 15.5. The van der Waals surface area contributed by atoms with E-state index in [1.54, 1.807) is 7.05 Å². The largest absolute Gasteiger partial charge is 0.494 e. The summed E-state index contributed by atoms with van der Waals surface area (Å²) in [7, 11) is 3.95. The molecule has 0 heterocycles. The molecule has 0 bridgehead atoms. The van der Waals surface area contributed by atoms with Crippen LogP contribution in [-0.2, 0) is 6.54 Å². The maximum Gasteiger partial charge on any atom is 0.191 e. The van der Waals surface area contributed by atoms with Crippen molar-refractivity contribution in [3.8, 4) is 5.75 Å². The Morgan fingerprint density at radius 1 is 1.17 bits per heavy atom. The molecule has 0 aliphatic rings. The Labute approximate surface area is 164 Å². The topological polar surface area (TPSA) is 48.9 Å². The maximum atomic E-state index is 5.65. The normalized spacial score (nSPS) is 11.1. The van der Waals surface area contributed by atoms with Gasteiger partial charge in [-0.1, -0.05) is 31.5 Å². The SMILES string of the molecule is CCCCN(C)CCNC(=NC)NCc1ccccc1OCC.I. The van der Waals surface area contributed by atoms with Crippen molar-refractivity contribution >= 4 is 29.9 Å². The number of halogens is 1. The van der Waals surface area contributed by atoms with Crippen molar-refractivity contribution in [3.63, 3.8) is 0 Å². The highest BCUT2D eigenvalue weighted by atomic mass is 127. The number of hydrogen-bond donors (Lipinski definition) is 2. The van der Waals surface area contributed by atoms with Crippen LogP contribution in [0.4, 0.5) is 0 Å². The molecule has 0 atom stereocenters. The van der Waals surface area contributed by atoms with Gasteiger partial charge in [-0.2, -0.15) is 0 Å². The predicted molar refractivity (Wildman–Crippen MR) is 114 cm³/mol. The highest BCUT2D eigenvalue weighted by Crippen LogP contribution is 2.17. The van der Waals surface area contributed by atoms with Crippen LogP contribution in [0.15, 0.2) is 29.3 Å². The Balaban J connectivity index is 0.00000529. The van der Waals surface area contributed by atoms with Crippen LogP contribution in [0.25, 0.3) is 0 Å². The fourth-order valence-corrected chi connectivity index (χ4v) is 2.25. The fraction of sp³-hybridized carbons (Fsp3) is 0.611. The number of para-hydroxylation sites is 1. The van der Waals surface area contributed by atoms with Gasteiger partial charge in [0.05, 0.1) is 6.61 Å². The minimum absolute atomic E-state index is 0. The van der Waals surface area contributed by atoms with Gasteiger partial charge in [-0.15, -0.1) is 24.0 Å². The van der Waals surface area contributed by atoms with E-state index in [1.165, 1.54) is 12.8 Å². The maximum absolute atomic E-state index is 5.65. The first-order valence-electron chi connectivity index (χ1n) is 8.55.